The lowest BCUT2D eigenvalue weighted by molar-refractivity contribution is -0.141. The Hall–Kier alpha value is -1.64. The lowest BCUT2D eigenvalue weighted by Crippen LogP contribution is -2.30. The van der Waals surface area contributed by atoms with Crippen molar-refractivity contribution in [2.75, 3.05) is 29.9 Å². The summed E-state index contributed by atoms with van der Waals surface area (Å²) in [5.41, 5.74) is -0.964. The first kappa shape index (κ1) is 17.7. The molecule has 2 rings (SSSR count). The van der Waals surface area contributed by atoms with Gasteiger partial charge in [0.15, 0.2) is 10.8 Å². The molecule has 0 aliphatic carbocycles. The smallest absolute Gasteiger partial charge is 0.363 e. The summed E-state index contributed by atoms with van der Waals surface area (Å²) in [6, 6.07) is 1.01. The van der Waals surface area contributed by atoms with E-state index < -0.39 is 11.9 Å². The highest BCUT2D eigenvalue weighted by Gasteiger charge is 2.34. The fourth-order valence-corrected chi connectivity index (χ4v) is 2.64. The van der Waals surface area contributed by atoms with Crippen molar-refractivity contribution in [3.05, 3.63) is 11.8 Å². The molecule has 23 heavy (non-hydrogen) atoms. The van der Waals surface area contributed by atoms with Gasteiger partial charge in [-0.1, -0.05) is 12.8 Å². The Balaban J connectivity index is 2.30. The third-order valence-corrected chi connectivity index (χ3v) is 3.74. The van der Waals surface area contributed by atoms with Crippen LogP contribution in [0.5, 0.6) is 0 Å². The lowest BCUT2D eigenvalue weighted by atomic mass is 10.2. The summed E-state index contributed by atoms with van der Waals surface area (Å²) >= 11 is 5.00. The number of hydrogen-bond acceptors (Lipinski definition) is 4. The van der Waals surface area contributed by atoms with Crippen molar-refractivity contribution in [1.82, 2.24) is 15.3 Å². The number of halogens is 3. The molecule has 0 aromatic carbocycles. The summed E-state index contributed by atoms with van der Waals surface area (Å²) in [6.45, 7) is 3.80. The third kappa shape index (κ3) is 5.19. The summed E-state index contributed by atoms with van der Waals surface area (Å²) in [5, 5.41) is 5.63. The first-order chi connectivity index (χ1) is 10.9. The average molecular weight is 347 g/mol. The van der Waals surface area contributed by atoms with Crippen molar-refractivity contribution in [1.29, 1.82) is 0 Å². The van der Waals surface area contributed by atoms with Crippen LogP contribution in [-0.4, -0.2) is 34.7 Å². The fourth-order valence-electron chi connectivity index (χ4n) is 2.40. The molecule has 1 aliphatic rings. The van der Waals surface area contributed by atoms with Crippen molar-refractivity contribution in [3.8, 4) is 0 Å². The monoisotopic (exact) mass is 347 g/mol. The second kappa shape index (κ2) is 7.76. The van der Waals surface area contributed by atoms with Gasteiger partial charge in [-0.25, -0.2) is 4.98 Å². The zero-order chi connectivity index (χ0) is 16.9. The molecule has 1 aliphatic heterocycles. The van der Waals surface area contributed by atoms with E-state index in [1.165, 1.54) is 0 Å². The van der Waals surface area contributed by atoms with Gasteiger partial charge >= 0.3 is 6.18 Å². The normalized spacial score (nSPS) is 15.9. The number of anilines is 2. The largest absolute Gasteiger partial charge is 0.433 e. The van der Waals surface area contributed by atoms with E-state index in [9.17, 15) is 13.2 Å². The van der Waals surface area contributed by atoms with Gasteiger partial charge in [-0.15, -0.1) is 0 Å². The highest BCUT2D eigenvalue weighted by atomic mass is 32.1. The summed E-state index contributed by atoms with van der Waals surface area (Å²) in [7, 11) is 0. The predicted octanol–water partition coefficient (Wildman–Crippen LogP) is 3.18. The first-order valence-electron chi connectivity index (χ1n) is 7.66. The predicted molar refractivity (Wildman–Crippen MR) is 87.6 cm³/mol. The molecule has 9 heteroatoms. The number of nitrogens with zero attached hydrogens (tertiary/aromatic N) is 3. The molecule has 0 bridgehead atoms. The van der Waals surface area contributed by atoms with E-state index in [2.05, 4.69) is 20.6 Å². The van der Waals surface area contributed by atoms with Crippen molar-refractivity contribution in [2.45, 2.75) is 38.8 Å². The SMILES string of the molecule is CCNC(=S)Nc1nc(N2CCCCCC2)cc(C(F)(F)F)n1. The van der Waals surface area contributed by atoms with Crippen molar-refractivity contribution >= 4 is 29.1 Å². The van der Waals surface area contributed by atoms with Crippen LogP contribution in [0, 0.1) is 0 Å². The summed E-state index contributed by atoms with van der Waals surface area (Å²) < 4.78 is 39.3. The van der Waals surface area contributed by atoms with Gasteiger partial charge in [-0.3, -0.25) is 0 Å². The molecular formula is C14H20F3N5S. The molecule has 1 aromatic rings. The standard InChI is InChI=1S/C14H20F3N5S/c1-2-18-13(23)21-12-19-10(14(15,16)17)9-11(20-12)22-7-5-3-4-6-8-22/h9H,2-8H2,1H3,(H2,18,19,20,21,23). The van der Waals surface area contributed by atoms with E-state index in [4.69, 9.17) is 12.2 Å². The Morgan fingerprint density at radius 2 is 1.87 bits per heavy atom. The number of thiocarbonyl (C=S) groups is 1. The zero-order valence-electron chi connectivity index (χ0n) is 12.9. The van der Waals surface area contributed by atoms with Crippen LogP contribution < -0.4 is 15.5 Å². The maximum Gasteiger partial charge on any atom is 0.433 e. The molecule has 2 N–H and O–H groups in total. The van der Waals surface area contributed by atoms with Crippen LogP contribution in [0.4, 0.5) is 24.9 Å². The zero-order valence-corrected chi connectivity index (χ0v) is 13.7. The van der Waals surface area contributed by atoms with Gasteiger partial charge in [0.25, 0.3) is 0 Å². The van der Waals surface area contributed by atoms with Crippen molar-refractivity contribution < 1.29 is 13.2 Å². The Morgan fingerprint density at radius 1 is 1.22 bits per heavy atom. The van der Waals surface area contributed by atoms with Gasteiger partial charge in [0.1, 0.15) is 5.82 Å². The summed E-state index contributed by atoms with van der Waals surface area (Å²) in [6.07, 6.45) is -0.458. The summed E-state index contributed by atoms with van der Waals surface area (Å²) in [4.78, 5) is 9.63. The number of aromatic nitrogens is 2. The van der Waals surface area contributed by atoms with E-state index in [1.807, 2.05) is 11.8 Å². The summed E-state index contributed by atoms with van der Waals surface area (Å²) in [5.74, 6) is 0.154. The topological polar surface area (TPSA) is 53.1 Å². The molecule has 5 nitrogen and oxygen atoms in total. The molecule has 1 fully saturated rings. The van der Waals surface area contributed by atoms with Crippen LogP contribution in [-0.2, 0) is 6.18 Å². The van der Waals surface area contributed by atoms with Gasteiger partial charge in [0, 0.05) is 25.7 Å². The third-order valence-electron chi connectivity index (χ3n) is 3.50. The fraction of sp³-hybridized carbons (Fsp3) is 0.643. The minimum absolute atomic E-state index is 0.134. The Morgan fingerprint density at radius 3 is 2.43 bits per heavy atom. The van der Waals surface area contributed by atoms with E-state index in [0.29, 0.717) is 19.6 Å². The minimum atomic E-state index is -4.53. The van der Waals surface area contributed by atoms with E-state index in [0.717, 1.165) is 31.7 Å². The second-order valence-corrected chi connectivity index (χ2v) is 5.73. The van der Waals surface area contributed by atoms with Crippen LogP contribution in [0.2, 0.25) is 0 Å². The maximum absolute atomic E-state index is 13.1. The van der Waals surface area contributed by atoms with E-state index in [-0.39, 0.29) is 16.9 Å². The quantitative estimate of drug-likeness (QED) is 0.819. The average Bonchev–Trinajstić information content (AvgIpc) is 2.75. The van der Waals surface area contributed by atoms with Crippen LogP contribution in [0.15, 0.2) is 6.07 Å². The molecule has 2 heterocycles. The molecule has 128 valence electrons. The number of rotatable bonds is 3. The minimum Gasteiger partial charge on any atom is -0.363 e. The molecule has 0 spiro atoms. The van der Waals surface area contributed by atoms with Crippen molar-refractivity contribution in [3.63, 3.8) is 0 Å². The Labute approximate surface area is 138 Å². The molecular weight excluding hydrogens is 327 g/mol. The molecule has 0 radical (unpaired) electrons. The maximum atomic E-state index is 13.1. The lowest BCUT2D eigenvalue weighted by Gasteiger charge is -2.23. The highest BCUT2D eigenvalue weighted by Crippen LogP contribution is 2.31. The van der Waals surface area contributed by atoms with Gasteiger partial charge in [0.05, 0.1) is 0 Å². The van der Waals surface area contributed by atoms with E-state index >= 15 is 0 Å². The van der Waals surface area contributed by atoms with E-state index in [1.54, 1.807) is 0 Å². The first-order valence-corrected chi connectivity index (χ1v) is 8.07. The Bertz CT molecular complexity index is 542. The van der Waals surface area contributed by atoms with Gasteiger partial charge < -0.3 is 15.5 Å². The van der Waals surface area contributed by atoms with Gasteiger partial charge in [-0.2, -0.15) is 18.2 Å². The van der Waals surface area contributed by atoms with Crippen LogP contribution >= 0.6 is 12.2 Å². The van der Waals surface area contributed by atoms with Crippen LogP contribution in [0.25, 0.3) is 0 Å². The molecule has 0 amide bonds. The van der Waals surface area contributed by atoms with Crippen LogP contribution in [0.3, 0.4) is 0 Å². The number of nitrogens with one attached hydrogen (secondary N) is 2. The molecule has 1 aromatic heterocycles. The van der Waals surface area contributed by atoms with Crippen LogP contribution in [0.1, 0.15) is 38.3 Å². The molecule has 1 saturated heterocycles. The van der Waals surface area contributed by atoms with Gasteiger partial charge in [0.2, 0.25) is 5.95 Å². The molecule has 0 unspecified atom stereocenters. The van der Waals surface area contributed by atoms with Gasteiger partial charge in [-0.05, 0) is 32.0 Å². The second-order valence-electron chi connectivity index (χ2n) is 5.32. The number of alkyl halides is 3. The molecule has 0 saturated carbocycles. The molecule has 0 atom stereocenters. The van der Waals surface area contributed by atoms with Crippen molar-refractivity contribution in [2.24, 2.45) is 0 Å². The Kier molecular flexibility index (Phi) is 5.97. The number of hydrogen-bond donors (Lipinski definition) is 2. The highest BCUT2D eigenvalue weighted by molar-refractivity contribution is 7.80.